The van der Waals surface area contributed by atoms with Gasteiger partial charge in [-0.2, -0.15) is 12.7 Å². The van der Waals surface area contributed by atoms with Crippen molar-refractivity contribution in [2.24, 2.45) is 10.6 Å². The van der Waals surface area contributed by atoms with E-state index in [1.54, 1.807) is 0 Å². The zero-order chi connectivity index (χ0) is 8.70. The molecule has 0 spiro atoms. The van der Waals surface area contributed by atoms with E-state index in [9.17, 15) is 8.42 Å². The summed E-state index contributed by atoms with van der Waals surface area (Å²) in [6.07, 6.45) is 0.892. The monoisotopic (exact) mass is 178 g/mol. The first-order valence-electron chi connectivity index (χ1n) is 3.59. The summed E-state index contributed by atoms with van der Waals surface area (Å²) in [6, 6.07) is 0. The van der Waals surface area contributed by atoms with Crippen LogP contribution in [0.15, 0.2) is 0 Å². The van der Waals surface area contributed by atoms with Gasteiger partial charge >= 0.3 is 0 Å². The molecule has 0 atom stereocenters. The summed E-state index contributed by atoms with van der Waals surface area (Å²) in [7, 11) is -3.44. The van der Waals surface area contributed by atoms with E-state index < -0.39 is 10.2 Å². The Morgan fingerprint density at radius 3 is 2.18 bits per heavy atom. The number of hydrogen-bond donors (Lipinski definition) is 1. The van der Waals surface area contributed by atoms with Crippen molar-refractivity contribution in [1.82, 2.24) is 4.31 Å². The van der Waals surface area contributed by atoms with Crippen LogP contribution in [-0.4, -0.2) is 25.8 Å². The van der Waals surface area contributed by atoms with Gasteiger partial charge in [-0.1, -0.05) is 13.8 Å². The van der Waals surface area contributed by atoms with Crippen LogP contribution in [0, 0.1) is 5.41 Å². The third-order valence-corrected chi connectivity index (χ3v) is 3.03. The predicted octanol–water partition coefficient (Wildman–Crippen LogP) is -0.0782. The molecule has 0 aromatic carbocycles. The highest BCUT2D eigenvalue weighted by Crippen LogP contribution is 2.29. The van der Waals surface area contributed by atoms with E-state index in [1.807, 2.05) is 13.8 Å². The van der Waals surface area contributed by atoms with Crippen molar-refractivity contribution >= 4 is 10.2 Å². The Hall–Kier alpha value is -0.130. The van der Waals surface area contributed by atoms with Crippen LogP contribution in [0.4, 0.5) is 0 Å². The summed E-state index contributed by atoms with van der Waals surface area (Å²) >= 11 is 0. The van der Waals surface area contributed by atoms with Gasteiger partial charge in [0.25, 0.3) is 10.2 Å². The van der Waals surface area contributed by atoms with Crippen LogP contribution in [0.5, 0.6) is 0 Å². The second-order valence-corrected chi connectivity index (χ2v) is 5.34. The lowest BCUT2D eigenvalue weighted by Gasteiger charge is -2.17. The minimum Gasteiger partial charge on any atom is -0.216 e. The highest BCUT2D eigenvalue weighted by Gasteiger charge is 2.34. The predicted molar refractivity (Wildman–Crippen MR) is 43.1 cm³/mol. The molecule has 1 aliphatic heterocycles. The molecular formula is C6H14N2O2S. The molecule has 2 N–H and O–H groups in total. The van der Waals surface area contributed by atoms with E-state index in [-0.39, 0.29) is 5.41 Å². The molecule has 0 radical (unpaired) electrons. The second kappa shape index (κ2) is 2.43. The van der Waals surface area contributed by atoms with Gasteiger partial charge in [0.1, 0.15) is 0 Å². The Labute approximate surface area is 67.6 Å². The second-order valence-electron chi connectivity index (χ2n) is 3.79. The van der Waals surface area contributed by atoms with Crippen LogP contribution in [-0.2, 0) is 10.2 Å². The molecule has 1 saturated heterocycles. The summed E-state index contributed by atoms with van der Waals surface area (Å²) < 4.78 is 23.0. The summed E-state index contributed by atoms with van der Waals surface area (Å²) in [6.45, 7) is 5.19. The fourth-order valence-electron chi connectivity index (χ4n) is 1.28. The smallest absolute Gasteiger partial charge is 0.216 e. The molecule has 0 aromatic heterocycles. The lowest BCUT2D eigenvalue weighted by molar-refractivity contribution is 0.375. The molecule has 1 heterocycles. The Morgan fingerprint density at radius 2 is 2.00 bits per heavy atom. The molecule has 1 rings (SSSR count). The fourth-order valence-corrected chi connectivity index (χ4v) is 2.16. The summed E-state index contributed by atoms with van der Waals surface area (Å²) in [5, 5.41) is 4.96. The first-order valence-corrected chi connectivity index (χ1v) is 5.09. The van der Waals surface area contributed by atoms with Crippen LogP contribution in [0.25, 0.3) is 0 Å². The molecule has 0 aliphatic carbocycles. The van der Waals surface area contributed by atoms with Gasteiger partial charge in [-0.25, -0.2) is 5.14 Å². The van der Waals surface area contributed by atoms with E-state index in [1.165, 1.54) is 4.31 Å². The first-order chi connectivity index (χ1) is 4.81. The minimum atomic E-state index is -3.44. The molecule has 5 heteroatoms. The zero-order valence-corrected chi connectivity index (χ0v) is 7.69. The summed E-state index contributed by atoms with van der Waals surface area (Å²) in [5.41, 5.74) is 0.0897. The topological polar surface area (TPSA) is 63.4 Å². The maximum atomic E-state index is 10.8. The molecule has 0 aromatic rings. The van der Waals surface area contributed by atoms with Crippen molar-refractivity contribution in [1.29, 1.82) is 0 Å². The molecule has 0 saturated carbocycles. The Balaban J connectivity index is 2.71. The van der Waals surface area contributed by atoms with E-state index in [2.05, 4.69) is 0 Å². The van der Waals surface area contributed by atoms with Gasteiger partial charge in [0.05, 0.1) is 0 Å². The Kier molecular flexibility index (Phi) is 1.98. The van der Waals surface area contributed by atoms with E-state index in [0.717, 1.165) is 6.42 Å². The van der Waals surface area contributed by atoms with Crippen molar-refractivity contribution in [2.75, 3.05) is 13.1 Å². The van der Waals surface area contributed by atoms with Crippen molar-refractivity contribution in [2.45, 2.75) is 20.3 Å². The third-order valence-electron chi connectivity index (χ3n) is 2.00. The van der Waals surface area contributed by atoms with Crippen molar-refractivity contribution < 1.29 is 8.42 Å². The number of hydrogen-bond acceptors (Lipinski definition) is 2. The molecule has 0 amide bonds. The van der Waals surface area contributed by atoms with Gasteiger partial charge in [-0.05, 0) is 11.8 Å². The molecule has 1 aliphatic rings. The van der Waals surface area contributed by atoms with Gasteiger partial charge in [-0.3, -0.25) is 0 Å². The van der Waals surface area contributed by atoms with Gasteiger partial charge in [0.2, 0.25) is 0 Å². The highest BCUT2D eigenvalue weighted by atomic mass is 32.2. The lowest BCUT2D eigenvalue weighted by Crippen LogP contribution is -2.35. The fraction of sp³-hybridized carbons (Fsp3) is 1.00. The van der Waals surface area contributed by atoms with Crippen LogP contribution in [0.1, 0.15) is 20.3 Å². The minimum absolute atomic E-state index is 0.0897. The molecule has 4 nitrogen and oxygen atoms in total. The first kappa shape index (κ1) is 8.96. The maximum Gasteiger partial charge on any atom is 0.276 e. The molecule has 66 valence electrons. The van der Waals surface area contributed by atoms with Crippen LogP contribution in [0.3, 0.4) is 0 Å². The van der Waals surface area contributed by atoms with Crippen molar-refractivity contribution in [3.8, 4) is 0 Å². The molecule has 0 unspecified atom stereocenters. The largest absolute Gasteiger partial charge is 0.276 e. The summed E-state index contributed by atoms with van der Waals surface area (Å²) in [4.78, 5) is 0. The van der Waals surface area contributed by atoms with Crippen LogP contribution in [0.2, 0.25) is 0 Å². The van der Waals surface area contributed by atoms with Crippen LogP contribution >= 0.6 is 0 Å². The van der Waals surface area contributed by atoms with Gasteiger partial charge < -0.3 is 0 Å². The normalized spacial score (nSPS) is 25.7. The van der Waals surface area contributed by atoms with E-state index >= 15 is 0 Å². The van der Waals surface area contributed by atoms with Crippen LogP contribution < -0.4 is 5.14 Å². The van der Waals surface area contributed by atoms with E-state index in [0.29, 0.717) is 13.1 Å². The van der Waals surface area contributed by atoms with Gasteiger partial charge in [0.15, 0.2) is 0 Å². The van der Waals surface area contributed by atoms with E-state index in [4.69, 9.17) is 5.14 Å². The molecule has 1 fully saturated rings. The molecule has 11 heavy (non-hydrogen) atoms. The Bertz CT molecular complexity index is 245. The number of rotatable bonds is 1. The highest BCUT2D eigenvalue weighted by molar-refractivity contribution is 7.86. The number of nitrogens with zero attached hydrogens (tertiary/aromatic N) is 1. The third kappa shape index (κ3) is 2.15. The molecule has 0 bridgehead atoms. The van der Waals surface area contributed by atoms with Gasteiger partial charge in [-0.15, -0.1) is 0 Å². The van der Waals surface area contributed by atoms with Crippen molar-refractivity contribution in [3.05, 3.63) is 0 Å². The van der Waals surface area contributed by atoms with Gasteiger partial charge in [0, 0.05) is 13.1 Å². The standard InChI is InChI=1S/C6H14N2O2S/c1-6(2)3-4-8(5-6)11(7,9)10/h3-5H2,1-2H3,(H2,7,9,10). The SMILES string of the molecule is CC1(C)CCN(S(N)(=O)=O)C1. The van der Waals surface area contributed by atoms with Crippen molar-refractivity contribution in [3.63, 3.8) is 0 Å². The number of nitrogens with two attached hydrogens (primary N) is 1. The lowest BCUT2D eigenvalue weighted by atomic mass is 9.93. The maximum absolute atomic E-state index is 10.8. The zero-order valence-electron chi connectivity index (χ0n) is 6.87. The quantitative estimate of drug-likeness (QED) is 0.610. The summed E-state index contributed by atoms with van der Waals surface area (Å²) in [5.74, 6) is 0. The Morgan fingerprint density at radius 1 is 1.45 bits per heavy atom. The average molecular weight is 178 g/mol. The molecular weight excluding hydrogens is 164 g/mol. The average Bonchev–Trinajstić information content (AvgIpc) is 2.07.